The zero-order chi connectivity index (χ0) is 22.1. The average molecular weight is 431 g/mol. The molecule has 2 aromatic rings. The molecule has 3 aliphatic rings. The summed E-state index contributed by atoms with van der Waals surface area (Å²) >= 11 is 0. The van der Waals surface area contributed by atoms with Gasteiger partial charge in [0, 0.05) is 18.0 Å². The van der Waals surface area contributed by atoms with Crippen LogP contribution in [0.1, 0.15) is 91.4 Å². The van der Waals surface area contributed by atoms with Gasteiger partial charge in [0.1, 0.15) is 5.54 Å². The summed E-state index contributed by atoms with van der Waals surface area (Å²) in [6.45, 7) is 1.99. The van der Waals surface area contributed by atoms with Gasteiger partial charge in [-0.25, -0.2) is 0 Å². The van der Waals surface area contributed by atoms with Crippen molar-refractivity contribution in [1.29, 1.82) is 0 Å². The van der Waals surface area contributed by atoms with Crippen molar-refractivity contribution in [2.75, 3.05) is 0 Å². The number of rotatable bonds is 3. The highest BCUT2D eigenvalue weighted by Gasteiger charge is 2.50. The van der Waals surface area contributed by atoms with Crippen LogP contribution in [0.5, 0.6) is 0 Å². The number of hydrogen-bond acceptors (Lipinski definition) is 2. The van der Waals surface area contributed by atoms with Gasteiger partial charge in [0.05, 0.1) is 6.04 Å². The summed E-state index contributed by atoms with van der Waals surface area (Å²) < 4.78 is 0. The first-order valence-electron chi connectivity index (χ1n) is 12.4. The van der Waals surface area contributed by atoms with Gasteiger partial charge in [0.2, 0.25) is 5.91 Å². The number of hydrogen-bond donors (Lipinski definition) is 1. The number of nitrogens with zero attached hydrogens (tertiary/aromatic N) is 1. The Kier molecular flexibility index (Phi) is 5.79. The molecule has 0 aromatic heterocycles. The maximum absolute atomic E-state index is 13.9. The average Bonchev–Trinajstić information content (AvgIpc) is 3.08. The number of benzene rings is 2. The Morgan fingerprint density at radius 3 is 2.38 bits per heavy atom. The second-order valence-electron chi connectivity index (χ2n) is 10.1. The molecule has 4 heteroatoms. The first-order valence-corrected chi connectivity index (χ1v) is 12.4. The van der Waals surface area contributed by atoms with Crippen LogP contribution in [-0.2, 0) is 17.6 Å². The second-order valence-corrected chi connectivity index (χ2v) is 10.1. The third-order valence-corrected chi connectivity index (χ3v) is 7.86. The minimum absolute atomic E-state index is 0.00734. The van der Waals surface area contributed by atoms with E-state index in [0.29, 0.717) is 6.42 Å². The maximum Gasteiger partial charge on any atom is 0.255 e. The summed E-state index contributed by atoms with van der Waals surface area (Å²) in [6, 6.07) is 16.4. The van der Waals surface area contributed by atoms with Gasteiger partial charge < -0.3 is 10.2 Å². The van der Waals surface area contributed by atoms with Crippen molar-refractivity contribution >= 4 is 11.8 Å². The third-order valence-electron chi connectivity index (χ3n) is 7.86. The Bertz CT molecular complexity index is 1010. The Balaban J connectivity index is 1.54. The molecule has 1 aliphatic heterocycles. The lowest BCUT2D eigenvalue weighted by atomic mass is 9.77. The summed E-state index contributed by atoms with van der Waals surface area (Å²) in [4.78, 5) is 29.8. The van der Waals surface area contributed by atoms with Gasteiger partial charge in [-0.05, 0) is 61.8 Å². The summed E-state index contributed by atoms with van der Waals surface area (Å²) in [6.07, 6.45) is 10.5. The van der Waals surface area contributed by atoms with Crippen LogP contribution in [0.4, 0.5) is 0 Å². The minimum atomic E-state index is -0.896. The van der Waals surface area contributed by atoms with Crippen molar-refractivity contribution < 1.29 is 9.59 Å². The highest BCUT2D eigenvalue weighted by molar-refractivity contribution is 6.03. The normalized spacial score (nSPS) is 26.1. The molecule has 5 rings (SSSR count). The molecule has 32 heavy (non-hydrogen) atoms. The van der Waals surface area contributed by atoms with E-state index in [1.807, 2.05) is 36.1 Å². The number of carbonyl (C=O) groups is 2. The van der Waals surface area contributed by atoms with E-state index >= 15 is 0 Å². The zero-order valence-electron chi connectivity index (χ0n) is 19.1. The largest absolute Gasteiger partial charge is 0.351 e. The zero-order valence-corrected chi connectivity index (χ0v) is 19.1. The highest BCUT2D eigenvalue weighted by Crippen LogP contribution is 2.43. The monoisotopic (exact) mass is 430 g/mol. The molecule has 0 bridgehead atoms. The van der Waals surface area contributed by atoms with Crippen LogP contribution in [0.2, 0.25) is 0 Å². The first kappa shape index (κ1) is 21.2. The molecule has 2 aromatic carbocycles. The predicted molar refractivity (Wildman–Crippen MR) is 126 cm³/mol. The fourth-order valence-corrected chi connectivity index (χ4v) is 6.13. The van der Waals surface area contributed by atoms with Crippen LogP contribution in [0.25, 0.3) is 0 Å². The van der Waals surface area contributed by atoms with Crippen molar-refractivity contribution in [3.05, 3.63) is 70.8 Å². The molecule has 1 fully saturated rings. The van der Waals surface area contributed by atoms with Gasteiger partial charge >= 0.3 is 0 Å². The van der Waals surface area contributed by atoms with E-state index in [2.05, 4.69) is 29.6 Å². The van der Waals surface area contributed by atoms with Gasteiger partial charge in [-0.2, -0.15) is 0 Å². The molecule has 4 nitrogen and oxygen atoms in total. The summed E-state index contributed by atoms with van der Waals surface area (Å²) in [5.41, 5.74) is 3.35. The van der Waals surface area contributed by atoms with E-state index in [9.17, 15) is 9.59 Å². The SMILES string of the molecule is CC1(C(=O)NC2CCCCCC2)Cc2ccccc2C(=O)N1C1CCCc2ccccc21. The minimum Gasteiger partial charge on any atom is -0.351 e. The van der Waals surface area contributed by atoms with Crippen LogP contribution >= 0.6 is 0 Å². The lowest BCUT2D eigenvalue weighted by molar-refractivity contribution is -0.134. The molecule has 1 N–H and O–H groups in total. The van der Waals surface area contributed by atoms with Gasteiger partial charge in [0.25, 0.3) is 5.91 Å². The molecular weight excluding hydrogens is 396 g/mol. The maximum atomic E-state index is 13.9. The number of amides is 2. The molecule has 2 aliphatic carbocycles. The van der Waals surface area contributed by atoms with E-state index in [1.54, 1.807) is 0 Å². The quantitative estimate of drug-likeness (QED) is 0.667. The molecule has 0 saturated heterocycles. The lowest BCUT2D eigenvalue weighted by Crippen LogP contribution is -2.64. The Morgan fingerprint density at radius 2 is 1.59 bits per heavy atom. The fourth-order valence-electron chi connectivity index (χ4n) is 6.13. The summed E-state index contributed by atoms with van der Waals surface area (Å²) in [5.74, 6) is 0.00220. The number of aryl methyl sites for hydroxylation is 1. The molecule has 0 spiro atoms. The molecule has 1 saturated carbocycles. The van der Waals surface area contributed by atoms with Crippen molar-refractivity contribution in [1.82, 2.24) is 10.2 Å². The van der Waals surface area contributed by atoms with Crippen LogP contribution in [0, 0.1) is 0 Å². The number of carbonyl (C=O) groups excluding carboxylic acids is 2. The van der Waals surface area contributed by atoms with Crippen molar-refractivity contribution in [3.8, 4) is 0 Å². The van der Waals surface area contributed by atoms with Crippen LogP contribution < -0.4 is 5.32 Å². The first-order chi connectivity index (χ1) is 15.6. The van der Waals surface area contributed by atoms with Gasteiger partial charge in [0.15, 0.2) is 0 Å². The smallest absolute Gasteiger partial charge is 0.255 e. The standard InChI is InChI=1S/C28H34N2O2/c1-28(27(32)29-22-14-4-2-3-5-15-22)19-21-12-7-9-17-24(21)26(31)30(28)25-18-10-13-20-11-6-8-16-23(20)25/h6-9,11-12,16-17,22,25H,2-5,10,13-15,18-19H2,1H3,(H,29,32). The predicted octanol–water partition coefficient (Wildman–Crippen LogP) is 5.36. The topological polar surface area (TPSA) is 49.4 Å². The van der Waals surface area contributed by atoms with Gasteiger partial charge in [-0.1, -0.05) is 68.1 Å². The van der Waals surface area contributed by atoms with Crippen LogP contribution in [-0.4, -0.2) is 28.3 Å². The summed E-state index contributed by atoms with van der Waals surface area (Å²) in [5, 5.41) is 3.38. The number of nitrogens with one attached hydrogen (secondary N) is 1. The highest BCUT2D eigenvalue weighted by atomic mass is 16.2. The molecular formula is C28H34N2O2. The second kappa shape index (κ2) is 8.73. The third kappa shape index (κ3) is 3.74. The Hall–Kier alpha value is -2.62. The lowest BCUT2D eigenvalue weighted by Gasteiger charge is -2.49. The van der Waals surface area contributed by atoms with Gasteiger partial charge in [-0.3, -0.25) is 9.59 Å². The van der Waals surface area contributed by atoms with Crippen molar-refractivity contribution in [3.63, 3.8) is 0 Å². The molecule has 2 amide bonds. The fraction of sp³-hybridized carbons (Fsp3) is 0.500. The van der Waals surface area contributed by atoms with E-state index in [-0.39, 0.29) is 23.9 Å². The molecule has 168 valence electrons. The molecule has 2 atom stereocenters. The molecule has 0 radical (unpaired) electrons. The molecule has 2 unspecified atom stereocenters. The van der Waals surface area contributed by atoms with E-state index in [1.165, 1.54) is 36.8 Å². The van der Waals surface area contributed by atoms with Crippen LogP contribution in [0.3, 0.4) is 0 Å². The van der Waals surface area contributed by atoms with Crippen molar-refractivity contribution in [2.45, 2.75) is 88.8 Å². The van der Waals surface area contributed by atoms with E-state index < -0.39 is 5.54 Å². The Labute approximate surface area is 191 Å². The van der Waals surface area contributed by atoms with Crippen molar-refractivity contribution in [2.24, 2.45) is 0 Å². The Morgan fingerprint density at radius 1 is 0.906 bits per heavy atom. The van der Waals surface area contributed by atoms with Crippen LogP contribution in [0.15, 0.2) is 48.5 Å². The van der Waals surface area contributed by atoms with E-state index in [0.717, 1.165) is 43.2 Å². The van der Waals surface area contributed by atoms with E-state index in [4.69, 9.17) is 0 Å². The number of fused-ring (bicyclic) bond motifs is 2. The molecule has 1 heterocycles. The summed E-state index contributed by atoms with van der Waals surface area (Å²) in [7, 11) is 0. The van der Waals surface area contributed by atoms with Gasteiger partial charge in [-0.15, -0.1) is 0 Å².